The fourth-order valence-electron chi connectivity index (χ4n) is 3.11. The molecule has 0 bridgehead atoms. The molecule has 1 fully saturated rings. The number of benzene rings is 1. The summed E-state index contributed by atoms with van der Waals surface area (Å²) in [7, 11) is -3.58. The fraction of sp³-hybridized carbons (Fsp3) is 0.278. The normalized spacial score (nSPS) is 15.7. The molecule has 0 spiro atoms. The summed E-state index contributed by atoms with van der Waals surface area (Å²) in [5.41, 5.74) is 0.185. The Morgan fingerprint density at radius 1 is 0.929 bits per heavy atom. The van der Waals surface area contributed by atoms with Crippen molar-refractivity contribution in [2.75, 3.05) is 31.1 Å². The number of aromatic nitrogens is 4. The van der Waals surface area contributed by atoms with Gasteiger partial charge in [0.15, 0.2) is 11.6 Å². The van der Waals surface area contributed by atoms with Crippen molar-refractivity contribution in [3.8, 4) is 5.82 Å². The van der Waals surface area contributed by atoms with Crippen molar-refractivity contribution >= 4 is 15.8 Å². The SMILES string of the molecule is O=S(=O)(Cc1ccccc1F)N1CCN(c2ccc(-n3cccn3)nn2)CC1. The summed E-state index contributed by atoms with van der Waals surface area (Å²) >= 11 is 0. The number of halogens is 1. The van der Waals surface area contributed by atoms with E-state index in [1.54, 1.807) is 35.3 Å². The Bertz CT molecular complexity index is 1030. The lowest BCUT2D eigenvalue weighted by Gasteiger charge is -2.34. The van der Waals surface area contributed by atoms with Gasteiger partial charge in [0, 0.05) is 44.1 Å². The van der Waals surface area contributed by atoms with Gasteiger partial charge < -0.3 is 4.90 Å². The molecule has 0 N–H and O–H groups in total. The maximum Gasteiger partial charge on any atom is 0.218 e. The second-order valence-electron chi connectivity index (χ2n) is 6.43. The van der Waals surface area contributed by atoms with E-state index < -0.39 is 15.8 Å². The third kappa shape index (κ3) is 3.87. The molecular formula is C18H19FN6O2S. The molecule has 1 saturated heterocycles. The summed E-state index contributed by atoms with van der Waals surface area (Å²) in [5.74, 6) is 0.456. The lowest BCUT2D eigenvalue weighted by atomic mass is 10.2. The van der Waals surface area contributed by atoms with E-state index in [0.29, 0.717) is 37.8 Å². The van der Waals surface area contributed by atoms with Gasteiger partial charge in [-0.1, -0.05) is 18.2 Å². The highest BCUT2D eigenvalue weighted by molar-refractivity contribution is 7.88. The molecule has 2 aromatic heterocycles. The predicted octanol–water partition coefficient (Wildman–Crippen LogP) is 1.45. The van der Waals surface area contributed by atoms with Crippen LogP contribution in [0, 0.1) is 5.82 Å². The molecule has 3 aromatic rings. The van der Waals surface area contributed by atoms with E-state index in [-0.39, 0.29) is 11.3 Å². The van der Waals surface area contributed by atoms with E-state index >= 15 is 0 Å². The number of rotatable bonds is 5. The van der Waals surface area contributed by atoms with Gasteiger partial charge >= 0.3 is 0 Å². The molecule has 1 aliphatic rings. The van der Waals surface area contributed by atoms with E-state index in [4.69, 9.17) is 0 Å². The average Bonchev–Trinajstić information content (AvgIpc) is 3.25. The maximum absolute atomic E-state index is 13.8. The topological polar surface area (TPSA) is 84.2 Å². The van der Waals surface area contributed by atoms with Crippen LogP contribution in [-0.4, -0.2) is 58.9 Å². The minimum atomic E-state index is -3.58. The number of hydrogen-bond acceptors (Lipinski definition) is 6. The van der Waals surface area contributed by atoms with Crippen LogP contribution in [0.15, 0.2) is 54.9 Å². The monoisotopic (exact) mass is 402 g/mol. The highest BCUT2D eigenvalue weighted by Crippen LogP contribution is 2.19. The highest BCUT2D eigenvalue weighted by Gasteiger charge is 2.28. The third-order valence-electron chi connectivity index (χ3n) is 4.63. The zero-order chi connectivity index (χ0) is 19.6. The van der Waals surface area contributed by atoms with E-state index in [1.165, 1.54) is 16.4 Å². The number of piperazine rings is 1. The molecule has 4 rings (SSSR count). The standard InChI is InChI=1S/C18H19FN6O2S/c19-16-5-2-1-4-15(16)14-28(26,27)24-12-10-23(11-13-24)17-6-7-18(22-21-17)25-9-3-8-20-25/h1-9H,10-14H2. The zero-order valence-electron chi connectivity index (χ0n) is 15.0. The molecule has 0 radical (unpaired) electrons. The largest absolute Gasteiger partial charge is 0.352 e. The van der Waals surface area contributed by atoms with Gasteiger partial charge in [-0.15, -0.1) is 10.2 Å². The summed E-state index contributed by atoms with van der Waals surface area (Å²) in [4.78, 5) is 1.98. The van der Waals surface area contributed by atoms with Crippen LogP contribution in [0.5, 0.6) is 0 Å². The van der Waals surface area contributed by atoms with Gasteiger partial charge in [0.2, 0.25) is 10.0 Å². The molecule has 1 aliphatic heterocycles. The Balaban J connectivity index is 1.39. The number of sulfonamides is 1. The van der Waals surface area contributed by atoms with Crippen LogP contribution in [0.4, 0.5) is 10.2 Å². The summed E-state index contributed by atoms with van der Waals surface area (Å²) in [6, 6.07) is 11.4. The minimum Gasteiger partial charge on any atom is -0.352 e. The van der Waals surface area contributed by atoms with Crippen LogP contribution < -0.4 is 4.90 Å². The average molecular weight is 402 g/mol. The molecule has 10 heteroatoms. The van der Waals surface area contributed by atoms with Gasteiger partial charge in [-0.05, 0) is 24.3 Å². The first-order valence-corrected chi connectivity index (χ1v) is 10.4. The Hall–Kier alpha value is -2.85. The lowest BCUT2D eigenvalue weighted by molar-refractivity contribution is 0.382. The van der Waals surface area contributed by atoms with Crippen LogP contribution in [0.2, 0.25) is 0 Å². The van der Waals surface area contributed by atoms with Crippen LogP contribution in [-0.2, 0) is 15.8 Å². The van der Waals surface area contributed by atoms with Gasteiger partial charge in [0.05, 0.1) is 5.75 Å². The molecule has 0 unspecified atom stereocenters. The van der Waals surface area contributed by atoms with Gasteiger partial charge in [0.25, 0.3) is 0 Å². The van der Waals surface area contributed by atoms with Crippen LogP contribution >= 0.6 is 0 Å². The van der Waals surface area contributed by atoms with Crippen molar-refractivity contribution < 1.29 is 12.8 Å². The Morgan fingerprint density at radius 3 is 2.29 bits per heavy atom. The van der Waals surface area contributed by atoms with Crippen molar-refractivity contribution in [1.29, 1.82) is 0 Å². The van der Waals surface area contributed by atoms with Crippen LogP contribution in [0.3, 0.4) is 0 Å². The molecular weight excluding hydrogens is 383 g/mol. The highest BCUT2D eigenvalue weighted by atomic mass is 32.2. The quantitative estimate of drug-likeness (QED) is 0.642. The molecule has 8 nitrogen and oxygen atoms in total. The molecule has 0 atom stereocenters. The second kappa shape index (κ2) is 7.64. The van der Waals surface area contributed by atoms with Crippen molar-refractivity contribution in [1.82, 2.24) is 24.3 Å². The van der Waals surface area contributed by atoms with Crippen molar-refractivity contribution in [2.24, 2.45) is 0 Å². The Morgan fingerprint density at radius 2 is 1.64 bits per heavy atom. The Labute approximate surface area is 162 Å². The van der Waals surface area contributed by atoms with E-state index in [2.05, 4.69) is 15.3 Å². The predicted molar refractivity (Wildman–Crippen MR) is 102 cm³/mol. The fourth-order valence-corrected chi connectivity index (χ4v) is 4.64. The van der Waals surface area contributed by atoms with Gasteiger partial charge in [0.1, 0.15) is 5.82 Å². The maximum atomic E-state index is 13.8. The zero-order valence-corrected chi connectivity index (χ0v) is 15.8. The number of hydrogen-bond donors (Lipinski definition) is 0. The summed E-state index contributed by atoms with van der Waals surface area (Å²) in [5, 5.41) is 12.5. The lowest BCUT2D eigenvalue weighted by Crippen LogP contribution is -2.49. The molecule has 146 valence electrons. The molecule has 0 saturated carbocycles. The minimum absolute atomic E-state index is 0.185. The van der Waals surface area contributed by atoms with Crippen LogP contribution in [0.25, 0.3) is 5.82 Å². The number of nitrogens with zero attached hydrogens (tertiary/aromatic N) is 6. The van der Waals surface area contributed by atoms with E-state index in [0.717, 1.165) is 0 Å². The molecule has 1 aromatic carbocycles. The molecule has 0 amide bonds. The van der Waals surface area contributed by atoms with Crippen molar-refractivity contribution in [2.45, 2.75) is 5.75 Å². The first-order chi connectivity index (χ1) is 13.5. The summed E-state index contributed by atoms with van der Waals surface area (Å²) < 4.78 is 42.1. The molecule has 28 heavy (non-hydrogen) atoms. The summed E-state index contributed by atoms with van der Waals surface area (Å²) in [6.45, 7) is 1.62. The van der Waals surface area contributed by atoms with E-state index in [1.807, 2.05) is 17.0 Å². The van der Waals surface area contributed by atoms with Gasteiger partial charge in [-0.2, -0.15) is 9.40 Å². The van der Waals surface area contributed by atoms with E-state index in [9.17, 15) is 12.8 Å². The third-order valence-corrected chi connectivity index (χ3v) is 6.46. The second-order valence-corrected chi connectivity index (χ2v) is 8.40. The summed E-state index contributed by atoms with van der Waals surface area (Å²) in [6.07, 6.45) is 3.44. The number of anilines is 1. The first kappa shape index (κ1) is 18.5. The van der Waals surface area contributed by atoms with Gasteiger partial charge in [-0.25, -0.2) is 17.5 Å². The van der Waals surface area contributed by atoms with Crippen LogP contribution in [0.1, 0.15) is 5.56 Å². The first-order valence-electron chi connectivity index (χ1n) is 8.83. The van der Waals surface area contributed by atoms with Crippen molar-refractivity contribution in [3.05, 3.63) is 66.2 Å². The van der Waals surface area contributed by atoms with Gasteiger partial charge in [-0.3, -0.25) is 0 Å². The smallest absolute Gasteiger partial charge is 0.218 e. The van der Waals surface area contributed by atoms with Crippen molar-refractivity contribution in [3.63, 3.8) is 0 Å². The Kier molecular flexibility index (Phi) is 5.05. The molecule has 0 aliphatic carbocycles. The molecule has 3 heterocycles.